The molecule has 0 spiro atoms. The Hall–Kier alpha value is -1.33. The van der Waals surface area contributed by atoms with Gasteiger partial charge < -0.3 is 15.3 Å². The van der Waals surface area contributed by atoms with Crippen molar-refractivity contribution in [2.24, 2.45) is 0 Å². The first-order valence-corrected chi connectivity index (χ1v) is 8.02. The van der Waals surface area contributed by atoms with E-state index in [9.17, 15) is 4.79 Å². The van der Waals surface area contributed by atoms with Crippen molar-refractivity contribution in [1.82, 2.24) is 9.80 Å². The summed E-state index contributed by atoms with van der Waals surface area (Å²) in [6, 6.07) is 2.18. The first kappa shape index (κ1) is 16.0. The number of hydrogen-bond donors (Lipinski definition) is 2. The van der Waals surface area contributed by atoms with Crippen LogP contribution in [0, 0.1) is 11.3 Å². The maximum absolute atomic E-state index is 11.5. The van der Waals surface area contributed by atoms with Crippen molar-refractivity contribution in [3.05, 3.63) is 16.5 Å². The van der Waals surface area contributed by atoms with Gasteiger partial charge in [-0.2, -0.15) is 5.26 Å². The first-order valence-electron chi connectivity index (χ1n) is 6.61. The average molecular weight is 329 g/mol. The number of nitrogens with zero attached hydrogens (tertiary/aromatic N) is 3. The van der Waals surface area contributed by atoms with Gasteiger partial charge in [-0.3, -0.25) is 9.69 Å². The number of carbonyl (C=O) groups is 1. The largest absolute Gasteiger partial charge is 0.377 e. The van der Waals surface area contributed by atoms with Crippen LogP contribution in [0.25, 0.3) is 0 Å². The normalized spacial score (nSPS) is 15.8. The number of rotatable bonds is 5. The number of nitriles is 1. The molecular weight excluding hydrogens is 312 g/mol. The predicted octanol–water partition coefficient (Wildman–Crippen LogP) is 0.864. The van der Waals surface area contributed by atoms with E-state index in [2.05, 4.69) is 16.3 Å². The second-order valence-corrected chi connectivity index (χ2v) is 5.84. The highest BCUT2D eigenvalue weighted by Crippen LogP contribution is 2.29. The zero-order valence-corrected chi connectivity index (χ0v) is 13.1. The van der Waals surface area contributed by atoms with Crippen LogP contribution in [0.4, 0.5) is 5.00 Å². The lowest BCUT2D eigenvalue weighted by Crippen LogP contribution is -2.48. The molecule has 0 saturated carbocycles. The van der Waals surface area contributed by atoms with Gasteiger partial charge in [-0.1, -0.05) is 0 Å². The van der Waals surface area contributed by atoms with Crippen molar-refractivity contribution < 1.29 is 9.90 Å². The summed E-state index contributed by atoms with van der Waals surface area (Å²) in [4.78, 5) is 15.5. The third-order valence-corrected chi connectivity index (χ3v) is 4.68. The number of aliphatic hydroxyl groups is 1. The molecule has 2 heterocycles. The minimum absolute atomic E-state index is 0.0215. The number of aliphatic hydroxyl groups excluding tert-OH is 1. The molecule has 1 aromatic heterocycles. The Morgan fingerprint density at radius 3 is 2.76 bits per heavy atom. The van der Waals surface area contributed by atoms with Crippen molar-refractivity contribution in [3.8, 4) is 6.07 Å². The van der Waals surface area contributed by atoms with E-state index in [-0.39, 0.29) is 18.5 Å². The summed E-state index contributed by atoms with van der Waals surface area (Å²) in [5, 5.41) is 23.6. The van der Waals surface area contributed by atoms with Crippen molar-refractivity contribution in [2.45, 2.75) is 6.54 Å². The number of hydrogen-bond acceptors (Lipinski definition) is 6. The van der Waals surface area contributed by atoms with Crippen LogP contribution >= 0.6 is 22.9 Å². The van der Waals surface area contributed by atoms with Crippen LogP contribution in [0.3, 0.4) is 0 Å². The quantitative estimate of drug-likeness (QED) is 0.619. The molecule has 1 aromatic rings. The van der Waals surface area contributed by atoms with Gasteiger partial charge in [0.2, 0.25) is 5.91 Å². The zero-order valence-electron chi connectivity index (χ0n) is 11.5. The number of carbonyl (C=O) groups excluding carboxylic acids is 1. The topological polar surface area (TPSA) is 79.6 Å². The van der Waals surface area contributed by atoms with Crippen molar-refractivity contribution >= 4 is 33.8 Å². The van der Waals surface area contributed by atoms with Gasteiger partial charge in [-0.05, 0) is 0 Å². The van der Waals surface area contributed by atoms with Gasteiger partial charge in [0.1, 0.15) is 18.7 Å². The highest BCUT2D eigenvalue weighted by atomic mass is 35.5. The molecular formula is C13H17ClN4O2S. The molecule has 1 amide bonds. The summed E-state index contributed by atoms with van der Waals surface area (Å²) in [6.45, 7) is 3.29. The molecule has 0 aliphatic carbocycles. The number of halogens is 1. The number of alkyl halides is 1. The molecule has 0 aromatic carbocycles. The summed E-state index contributed by atoms with van der Waals surface area (Å²) in [5.41, 5.74) is 1.55. The van der Waals surface area contributed by atoms with E-state index in [4.69, 9.17) is 22.0 Å². The van der Waals surface area contributed by atoms with E-state index >= 15 is 0 Å². The Kier molecular flexibility index (Phi) is 5.82. The van der Waals surface area contributed by atoms with Gasteiger partial charge in [0.05, 0.1) is 10.6 Å². The fraction of sp³-hybridized carbons (Fsp3) is 0.538. The zero-order chi connectivity index (χ0) is 15.2. The highest BCUT2D eigenvalue weighted by molar-refractivity contribution is 7.14. The second kappa shape index (κ2) is 7.61. The monoisotopic (exact) mass is 328 g/mol. The van der Waals surface area contributed by atoms with E-state index in [1.54, 1.807) is 10.3 Å². The fourth-order valence-electron chi connectivity index (χ4n) is 2.32. The lowest BCUT2D eigenvalue weighted by atomic mass is 10.1. The Balaban J connectivity index is 1.99. The summed E-state index contributed by atoms with van der Waals surface area (Å²) < 4.78 is 0. The SMILES string of the molecule is N#Cc1csc(NCO)c1CN1CCN(C(=O)CCl)CC1. The highest BCUT2D eigenvalue weighted by Gasteiger charge is 2.22. The lowest BCUT2D eigenvalue weighted by Gasteiger charge is -2.34. The molecule has 8 heteroatoms. The predicted molar refractivity (Wildman–Crippen MR) is 82.3 cm³/mol. The Labute approximate surface area is 132 Å². The van der Waals surface area contributed by atoms with Gasteiger partial charge >= 0.3 is 0 Å². The Morgan fingerprint density at radius 1 is 1.48 bits per heavy atom. The van der Waals surface area contributed by atoms with Crippen LogP contribution in [0.1, 0.15) is 11.1 Å². The summed E-state index contributed by atoms with van der Waals surface area (Å²) >= 11 is 6.98. The minimum atomic E-state index is -0.156. The van der Waals surface area contributed by atoms with Gasteiger partial charge in [0, 0.05) is 43.7 Å². The number of thiophene rings is 1. The van der Waals surface area contributed by atoms with Crippen molar-refractivity contribution in [1.29, 1.82) is 5.26 Å². The minimum Gasteiger partial charge on any atom is -0.377 e. The van der Waals surface area contributed by atoms with E-state index in [1.807, 2.05) is 0 Å². The van der Waals surface area contributed by atoms with Crippen LogP contribution in [-0.4, -0.2) is 59.6 Å². The summed E-state index contributed by atoms with van der Waals surface area (Å²) in [5.74, 6) is -0.0135. The van der Waals surface area contributed by atoms with E-state index in [1.165, 1.54) is 11.3 Å². The molecule has 1 aliphatic rings. The van der Waals surface area contributed by atoms with Crippen LogP contribution < -0.4 is 5.32 Å². The van der Waals surface area contributed by atoms with Crippen molar-refractivity contribution in [2.75, 3.05) is 44.1 Å². The smallest absolute Gasteiger partial charge is 0.237 e. The molecule has 114 valence electrons. The molecule has 0 atom stereocenters. The lowest BCUT2D eigenvalue weighted by molar-refractivity contribution is -0.130. The summed E-state index contributed by atoms with van der Waals surface area (Å²) in [7, 11) is 0. The second-order valence-electron chi connectivity index (χ2n) is 4.69. The maximum Gasteiger partial charge on any atom is 0.237 e. The molecule has 2 N–H and O–H groups in total. The Bertz CT molecular complexity index is 535. The van der Waals surface area contributed by atoms with Gasteiger partial charge in [0.25, 0.3) is 0 Å². The molecule has 1 fully saturated rings. The third-order valence-electron chi connectivity index (χ3n) is 3.47. The van der Waals surface area contributed by atoms with Crippen LogP contribution in [-0.2, 0) is 11.3 Å². The molecule has 0 bridgehead atoms. The third kappa shape index (κ3) is 3.86. The number of nitrogens with one attached hydrogen (secondary N) is 1. The molecule has 1 saturated heterocycles. The molecule has 6 nitrogen and oxygen atoms in total. The fourth-order valence-corrected chi connectivity index (χ4v) is 3.38. The molecule has 1 aliphatic heterocycles. The van der Waals surface area contributed by atoms with Crippen LogP contribution in [0.5, 0.6) is 0 Å². The van der Waals surface area contributed by atoms with E-state index in [0.29, 0.717) is 25.2 Å². The first-order chi connectivity index (χ1) is 10.2. The maximum atomic E-state index is 11.5. The molecule has 0 radical (unpaired) electrons. The van der Waals surface area contributed by atoms with E-state index < -0.39 is 0 Å². The number of anilines is 1. The standard InChI is InChI=1S/C13H17ClN4O2S/c14-5-12(20)18-3-1-17(2-4-18)7-11-10(6-15)8-21-13(11)16-9-19/h8,16,19H,1-5,7,9H2. The summed E-state index contributed by atoms with van der Waals surface area (Å²) in [6.07, 6.45) is 0. The molecule has 0 unspecified atom stereocenters. The van der Waals surface area contributed by atoms with E-state index in [0.717, 1.165) is 23.7 Å². The van der Waals surface area contributed by atoms with Gasteiger partial charge in [-0.15, -0.1) is 22.9 Å². The number of piperazine rings is 1. The molecule has 21 heavy (non-hydrogen) atoms. The number of amides is 1. The molecule has 2 rings (SSSR count). The Morgan fingerprint density at radius 2 is 2.19 bits per heavy atom. The van der Waals surface area contributed by atoms with Crippen molar-refractivity contribution in [3.63, 3.8) is 0 Å². The average Bonchev–Trinajstić information content (AvgIpc) is 2.89. The van der Waals surface area contributed by atoms with Gasteiger partial charge in [0.15, 0.2) is 0 Å². The van der Waals surface area contributed by atoms with Crippen LogP contribution in [0.2, 0.25) is 0 Å². The van der Waals surface area contributed by atoms with Crippen LogP contribution in [0.15, 0.2) is 5.38 Å². The van der Waals surface area contributed by atoms with Gasteiger partial charge in [-0.25, -0.2) is 0 Å².